The van der Waals surface area contributed by atoms with Crippen LogP contribution >= 0.6 is 0 Å². The first-order chi connectivity index (χ1) is 10.2. The van der Waals surface area contributed by atoms with Crippen molar-refractivity contribution in [2.24, 2.45) is 5.92 Å². The number of nitrogens with zero attached hydrogens (tertiary/aromatic N) is 2. The van der Waals surface area contributed by atoms with E-state index in [2.05, 4.69) is 42.8 Å². The van der Waals surface area contributed by atoms with Crippen molar-refractivity contribution in [2.75, 3.05) is 32.7 Å². The lowest BCUT2D eigenvalue weighted by Gasteiger charge is -2.48. The smallest absolute Gasteiger partial charge is 0.0253 e. The largest absolute Gasteiger partial charge is 0.313 e. The maximum Gasteiger partial charge on any atom is 0.0253 e. The van der Waals surface area contributed by atoms with E-state index >= 15 is 0 Å². The summed E-state index contributed by atoms with van der Waals surface area (Å²) in [5, 5.41) is 3.78. The van der Waals surface area contributed by atoms with E-state index in [1.165, 1.54) is 58.3 Å². The van der Waals surface area contributed by atoms with Crippen LogP contribution < -0.4 is 5.32 Å². The van der Waals surface area contributed by atoms with Crippen molar-refractivity contribution < 1.29 is 0 Å². The van der Waals surface area contributed by atoms with Crippen LogP contribution in [0.1, 0.15) is 59.8 Å². The molecule has 4 unspecified atom stereocenters. The Morgan fingerprint density at radius 2 is 1.90 bits per heavy atom. The molecule has 2 aliphatic rings. The van der Waals surface area contributed by atoms with Gasteiger partial charge in [0.1, 0.15) is 0 Å². The Morgan fingerprint density at radius 1 is 1.10 bits per heavy atom. The second-order valence-electron chi connectivity index (χ2n) is 7.17. The molecular formula is C18H37N3. The summed E-state index contributed by atoms with van der Waals surface area (Å²) in [6.45, 7) is 15.4. The van der Waals surface area contributed by atoms with Gasteiger partial charge in [0, 0.05) is 37.8 Å². The van der Waals surface area contributed by atoms with Gasteiger partial charge in [0.05, 0.1) is 0 Å². The predicted molar refractivity (Wildman–Crippen MR) is 91.8 cm³/mol. The molecule has 21 heavy (non-hydrogen) atoms. The molecule has 1 aliphatic heterocycles. The fourth-order valence-corrected chi connectivity index (χ4v) is 4.60. The van der Waals surface area contributed by atoms with E-state index in [1.54, 1.807) is 0 Å². The fourth-order valence-electron chi connectivity index (χ4n) is 4.60. The highest BCUT2D eigenvalue weighted by atomic mass is 15.3. The minimum absolute atomic E-state index is 0.720. The van der Waals surface area contributed by atoms with E-state index < -0.39 is 0 Å². The third kappa shape index (κ3) is 4.43. The maximum absolute atomic E-state index is 3.78. The number of nitrogens with one attached hydrogen (secondary N) is 1. The van der Waals surface area contributed by atoms with Crippen LogP contribution in [0, 0.1) is 5.92 Å². The third-order valence-electron chi connectivity index (χ3n) is 5.76. The zero-order valence-electron chi connectivity index (χ0n) is 14.8. The van der Waals surface area contributed by atoms with E-state index in [1.807, 2.05) is 0 Å². The predicted octanol–water partition coefficient (Wildman–Crippen LogP) is 2.96. The first-order valence-electron chi connectivity index (χ1n) is 9.41. The topological polar surface area (TPSA) is 18.5 Å². The van der Waals surface area contributed by atoms with Gasteiger partial charge in [0.2, 0.25) is 0 Å². The van der Waals surface area contributed by atoms with Crippen LogP contribution in [0.2, 0.25) is 0 Å². The van der Waals surface area contributed by atoms with Crippen LogP contribution in [-0.2, 0) is 0 Å². The number of piperazine rings is 1. The molecule has 124 valence electrons. The monoisotopic (exact) mass is 295 g/mol. The average Bonchev–Trinajstić information content (AvgIpc) is 2.49. The Labute approximate surface area is 132 Å². The lowest BCUT2D eigenvalue weighted by molar-refractivity contribution is 0.0224. The SMILES string of the molecule is CCCC1CCC(NCC)C(N2CCN(CC)C(C)C2)C1. The van der Waals surface area contributed by atoms with Gasteiger partial charge in [-0.25, -0.2) is 0 Å². The molecule has 1 saturated heterocycles. The maximum atomic E-state index is 3.78. The molecule has 1 saturated carbocycles. The molecule has 1 heterocycles. The number of hydrogen-bond acceptors (Lipinski definition) is 3. The zero-order valence-corrected chi connectivity index (χ0v) is 14.8. The second-order valence-corrected chi connectivity index (χ2v) is 7.17. The summed E-state index contributed by atoms with van der Waals surface area (Å²) in [5.74, 6) is 0.967. The standard InChI is InChI=1S/C18H37N3/c1-5-8-16-9-10-17(19-6-2)18(13-16)21-12-11-20(7-3)15(4)14-21/h15-19H,5-14H2,1-4H3. The van der Waals surface area contributed by atoms with Gasteiger partial charge >= 0.3 is 0 Å². The lowest BCUT2D eigenvalue weighted by Crippen LogP contribution is -2.60. The van der Waals surface area contributed by atoms with Crippen molar-refractivity contribution in [1.82, 2.24) is 15.1 Å². The molecule has 0 spiro atoms. The molecule has 0 bridgehead atoms. The normalized spacial score (nSPS) is 36.0. The molecule has 3 nitrogen and oxygen atoms in total. The average molecular weight is 296 g/mol. The fraction of sp³-hybridized carbons (Fsp3) is 1.00. The molecule has 1 N–H and O–H groups in total. The minimum Gasteiger partial charge on any atom is -0.313 e. The van der Waals surface area contributed by atoms with E-state index in [0.29, 0.717) is 0 Å². The Morgan fingerprint density at radius 3 is 2.52 bits per heavy atom. The quantitative estimate of drug-likeness (QED) is 0.813. The van der Waals surface area contributed by atoms with Crippen LogP contribution in [-0.4, -0.2) is 60.6 Å². The van der Waals surface area contributed by atoms with Crippen molar-refractivity contribution in [3.05, 3.63) is 0 Å². The van der Waals surface area contributed by atoms with Gasteiger partial charge in [0.15, 0.2) is 0 Å². The molecular weight excluding hydrogens is 258 g/mol. The summed E-state index contributed by atoms with van der Waals surface area (Å²) < 4.78 is 0. The van der Waals surface area contributed by atoms with E-state index in [9.17, 15) is 0 Å². The van der Waals surface area contributed by atoms with Gasteiger partial charge in [0.25, 0.3) is 0 Å². The molecule has 1 aliphatic carbocycles. The van der Waals surface area contributed by atoms with Crippen LogP contribution in [0.5, 0.6) is 0 Å². The van der Waals surface area contributed by atoms with Gasteiger partial charge in [-0.2, -0.15) is 0 Å². The Kier molecular flexibility index (Phi) is 6.97. The van der Waals surface area contributed by atoms with Gasteiger partial charge in [-0.1, -0.05) is 33.6 Å². The highest BCUT2D eigenvalue weighted by Crippen LogP contribution is 2.32. The highest BCUT2D eigenvalue weighted by Gasteiger charge is 2.36. The summed E-state index contributed by atoms with van der Waals surface area (Å²) in [7, 11) is 0. The zero-order chi connectivity index (χ0) is 15.2. The summed E-state index contributed by atoms with van der Waals surface area (Å²) in [6.07, 6.45) is 7.02. The summed E-state index contributed by atoms with van der Waals surface area (Å²) in [4.78, 5) is 5.44. The van der Waals surface area contributed by atoms with Crippen molar-refractivity contribution in [1.29, 1.82) is 0 Å². The van der Waals surface area contributed by atoms with Crippen molar-refractivity contribution in [3.8, 4) is 0 Å². The van der Waals surface area contributed by atoms with Crippen LogP contribution in [0.3, 0.4) is 0 Å². The first kappa shape index (κ1) is 17.2. The van der Waals surface area contributed by atoms with Crippen LogP contribution in [0.25, 0.3) is 0 Å². The molecule has 0 amide bonds. The molecule has 0 radical (unpaired) electrons. The van der Waals surface area contributed by atoms with Gasteiger partial charge in [-0.15, -0.1) is 0 Å². The van der Waals surface area contributed by atoms with E-state index in [0.717, 1.165) is 30.6 Å². The van der Waals surface area contributed by atoms with Gasteiger partial charge in [-0.3, -0.25) is 9.80 Å². The molecule has 2 rings (SSSR count). The molecule has 4 atom stereocenters. The third-order valence-corrected chi connectivity index (χ3v) is 5.76. The number of hydrogen-bond donors (Lipinski definition) is 1. The molecule has 2 fully saturated rings. The molecule has 3 heteroatoms. The molecule has 0 aromatic carbocycles. The summed E-state index contributed by atoms with van der Waals surface area (Å²) >= 11 is 0. The number of likely N-dealkylation sites (N-methyl/N-ethyl adjacent to an activating group) is 2. The van der Waals surface area contributed by atoms with Crippen LogP contribution in [0.15, 0.2) is 0 Å². The van der Waals surface area contributed by atoms with E-state index in [-0.39, 0.29) is 0 Å². The Hall–Kier alpha value is -0.120. The number of rotatable bonds is 6. The Bertz CT molecular complexity index is 294. The van der Waals surface area contributed by atoms with Crippen molar-refractivity contribution >= 4 is 0 Å². The Balaban J connectivity index is 1.98. The van der Waals surface area contributed by atoms with Gasteiger partial charge < -0.3 is 5.32 Å². The highest BCUT2D eigenvalue weighted by molar-refractivity contribution is 4.94. The first-order valence-corrected chi connectivity index (χ1v) is 9.41. The lowest BCUT2D eigenvalue weighted by atomic mass is 9.79. The summed E-state index contributed by atoms with van der Waals surface area (Å²) in [5.41, 5.74) is 0. The van der Waals surface area contributed by atoms with Crippen LogP contribution in [0.4, 0.5) is 0 Å². The van der Waals surface area contributed by atoms with Crippen molar-refractivity contribution in [3.63, 3.8) is 0 Å². The second kappa shape index (κ2) is 8.50. The summed E-state index contributed by atoms with van der Waals surface area (Å²) in [6, 6.07) is 2.22. The van der Waals surface area contributed by atoms with Crippen molar-refractivity contribution in [2.45, 2.75) is 77.9 Å². The minimum atomic E-state index is 0.720. The van der Waals surface area contributed by atoms with E-state index in [4.69, 9.17) is 0 Å². The molecule has 0 aromatic rings. The molecule has 0 aromatic heterocycles. The van der Waals surface area contributed by atoms with Gasteiger partial charge in [-0.05, 0) is 45.2 Å².